The van der Waals surface area contributed by atoms with Crippen LogP contribution in [0.2, 0.25) is 0 Å². The van der Waals surface area contributed by atoms with Crippen molar-refractivity contribution in [2.75, 3.05) is 32.0 Å². The summed E-state index contributed by atoms with van der Waals surface area (Å²) in [6.07, 6.45) is 8.25. The van der Waals surface area contributed by atoms with Crippen molar-refractivity contribution >= 4 is 15.9 Å². The zero-order valence-electron chi connectivity index (χ0n) is 11.3. The summed E-state index contributed by atoms with van der Waals surface area (Å²) in [6, 6.07) is 0. The van der Waals surface area contributed by atoms with E-state index in [0.29, 0.717) is 0 Å². The molecule has 0 aromatic rings. The highest BCUT2D eigenvalue weighted by Gasteiger charge is 2.19. The molecular formula is C13H29BrIN. The van der Waals surface area contributed by atoms with E-state index in [4.69, 9.17) is 0 Å². The monoisotopic (exact) mass is 405 g/mol. The highest BCUT2D eigenvalue weighted by molar-refractivity contribution is 9.09. The molecule has 0 amide bonds. The molecule has 0 heterocycles. The second-order valence-electron chi connectivity index (χ2n) is 4.89. The maximum absolute atomic E-state index is 3.59. The molecule has 100 valence electrons. The predicted octanol–water partition coefficient (Wildman–Crippen LogP) is 1.21. The van der Waals surface area contributed by atoms with E-state index >= 15 is 0 Å². The summed E-state index contributed by atoms with van der Waals surface area (Å²) < 4.78 is 1.27. The zero-order chi connectivity index (χ0) is 11.6. The van der Waals surface area contributed by atoms with E-state index in [0.717, 1.165) is 5.33 Å². The predicted molar refractivity (Wildman–Crippen MR) is 73.6 cm³/mol. The third kappa shape index (κ3) is 10.3. The van der Waals surface area contributed by atoms with Gasteiger partial charge in [-0.15, -0.1) is 0 Å². The average Bonchev–Trinajstić information content (AvgIpc) is 2.19. The Kier molecular flexibility index (Phi) is 15.4. The van der Waals surface area contributed by atoms with Gasteiger partial charge in [-0.2, -0.15) is 0 Å². The van der Waals surface area contributed by atoms with Gasteiger partial charge in [-0.3, -0.25) is 0 Å². The Hall–Kier alpha value is 1.17. The van der Waals surface area contributed by atoms with Gasteiger partial charge in [-0.05, 0) is 25.7 Å². The van der Waals surface area contributed by atoms with Crippen molar-refractivity contribution in [2.45, 2.75) is 52.4 Å². The number of nitrogens with zero attached hydrogens (tertiary/aromatic N) is 1. The lowest BCUT2D eigenvalue weighted by Gasteiger charge is -2.34. The molecule has 0 atom stereocenters. The molecule has 0 saturated heterocycles. The van der Waals surface area contributed by atoms with Crippen LogP contribution in [0.4, 0.5) is 0 Å². The summed E-state index contributed by atoms with van der Waals surface area (Å²) in [5, 5.41) is 1.14. The lowest BCUT2D eigenvalue weighted by Crippen LogP contribution is -3.00. The molecule has 1 nitrogen and oxygen atoms in total. The first-order valence-corrected chi connectivity index (χ1v) is 7.70. The minimum atomic E-state index is 0. The summed E-state index contributed by atoms with van der Waals surface area (Å²) in [4.78, 5) is 0. The van der Waals surface area contributed by atoms with Crippen molar-refractivity contribution in [1.29, 1.82) is 0 Å². The number of halogens is 2. The molecule has 0 fully saturated rings. The fourth-order valence-corrected chi connectivity index (χ4v) is 2.88. The Morgan fingerprint density at radius 2 is 1.25 bits per heavy atom. The van der Waals surface area contributed by atoms with E-state index in [9.17, 15) is 0 Å². The van der Waals surface area contributed by atoms with E-state index in [2.05, 4.69) is 36.8 Å². The molecule has 0 aliphatic heterocycles. The first-order valence-electron chi connectivity index (χ1n) is 6.58. The quantitative estimate of drug-likeness (QED) is 0.222. The van der Waals surface area contributed by atoms with E-state index < -0.39 is 0 Å². The molecule has 0 N–H and O–H groups in total. The van der Waals surface area contributed by atoms with Crippen LogP contribution in [0.3, 0.4) is 0 Å². The lowest BCUT2D eigenvalue weighted by molar-refractivity contribution is -0.907. The van der Waals surface area contributed by atoms with E-state index in [1.807, 2.05) is 0 Å². The molecule has 0 aliphatic rings. The summed E-state index contributed by atoms with van der Waals surface area (Å²) in [6.45, 7) is 8.58. The summed E-state index contributed by atoms with van der Waals surface area (Å²) in [5.41, 5.74) is 0. The van der Waals surface area contributed by atoms with Gasteiger partial charge in [0.15, 0.2) is 0 Å². The molecule has 3 heteroatoms. The van der Waals surface area contributed by atoms with Crippen LogP contribution in [0.25, 0.3) is 0 Å². The molecule has 0 radical (unpaired) electrons. The van der Waals surface area contributed by atoms with Crippen LogP contribution in [0.15, 0.2) is 0 Å². The number of unbranched alkanes of at least 4 members (excludes halogenated alkanes) is 4. The molecule has 0 bridgehead atoms. The number of rotatable bonds is 10. The van der Waals surface area contributed by atoms with Crippen LogP contribution in [0, 0.1) is 0 Å². The first kappa shape index (κ1) is 19.5. The van der Waals surface area contributed by atoms with Crippen molar-refractivity contribution in [3.8, 4) is 0 Å². The Labute approximate surface area is 128 Å². The molecule has 0 spiro atoms. The molecule has 0 aromatic heterocycles. The van der Waals surface area contributed by atoms with Crippen molar-refractivity contribution in [2.24, 2.45) is 0 Å². The van der Waals surface area contributed by atoms with Gasteiger partial charge in [-0.1, -0.05) is 42.6 Å². The van der Waals surface area contributed by atoms with Gasteiger partial charge >= 0.3 is 0 Å². The van der Waals surface area contributed by atoms with Gasteiger partial charge in [0.1, 0.15) is 0 Å². The zero-order valence-corrected chi connectivity index (χ0v) is 15.0. The van der Waals surface area contributed by atoms with E-state index in [-0.39, 0.29) is 24.0 Å². The number of quaternary nitrogens is 1. The summed E-state index contributed by atoms with van der Waals surface area (Å²) >= 11 is 3.59. The van der Waals surface area contributed by atoms with Crippen molar-refractivity contribution in [3.05, 3.63) is 0 Å². The normalized spacial score (nSPS) is 11.2. The first-order chi connectivity index (χ1) is 7.18. The molecule has 0 rings (SSSR count). The van der Waals surface area contributed by atoms with E-state index in [1.54, 1.807) is 0 Å². The lowest BCUT2D eigenvalue weighted by atomic mass is 10.2. The van der Waals surface area contributed by atoms with Crippen molar-refractivity contribution in [1.82, 2.24) is 0 Å². The minimum Gasteiger partial charge on any atom is -1.00 e. The highest BCUT2D eigenvalue weighted by Crippen LogP contribution is 2.11. The van der Waals surface area contributed by atoms with Crippen LogP contribution in [0.5, 0.6) is 0 Å². The van der Waals surface area contributed by atoms with Crippen LogP contribution in [-0.2, 0) is 0 Å². The molecule has 0 unspecified atom stereocenters. The summed E-state index contributed by atoms with van der Waals surface area (Å²) in [7, 11) is 2.42. The molecular weight excluding hydrogens is 377 g/mol. The minimum absolute atomic E-state index is 0. The third-order valence-electron chi connectivity index (χ3n) is 3.23. The van der Waals surface area contributed by atoms with Gasteiger partial charge in [0.2, 0.25) is 0 Å². The molecule has 16 heavy (non-hydrogen) atoms. The van der Waals surface area contributed by atoms with Crippen LogP contribution < -0.4 is 24.0 Å². The van der Waals surface area contributed by atoms with Gasteiger partial charge in [0, 0.05) is 0 Å². The molecule has 0 saturated carbocycles. The average molecular weight is 406 g/mol. The van der Waals surface area contributed by atoms with Crippen LogP contribution in [0.1, 0.15) is 52.4 Å². The Morgan fingerprint density at radius 1 is 0.812 bits per heavy atom. The third-order valence-corrected chi connectivity index (χ3v) is 3.58. The smallest absolute Gasteiger partial charge is 0.0883 e. The van der Waals surface area contributed by atoms with Gasteiger partial charge in [0.25, 0.3) is 0 Å². The van der Waals surface area contributed by atoms with Crippen LogP contribution >= 0.6 is 15.9 Å². The topological polar surface area (TPSA) is 0 Å². The van der Waals surface area contributed by atoms with Gasteiger partial charge in [-0.25, -0.2) is 0 Å². The van der Waals surface area contributed by atoms with Crippen LogP contribution in [-0.4, -0.2) is 36.5 Å². The number of alkyl halides is 1. The van der Waals surface area contributed by atoms with Gasteiger partial charge < -0.3 is 28.5 Å². The standard InChI is InChI=1S/C13H29BrN.HI/c1-4-6-8-11-15(3,13-10-14)12-9-7-5-2;/h4-13H2,1-3H3;1H/q+1;/p-1. The van der Waals surface area contributed by atoms with Crippen molar-refractivity contribution in [3.63, 3.8) is 0 Å². The Balaban J connectivity index is 0. The summed E-state index contributed by atoms with van der Waals surface area (Å²) in [5.74, 6) is 0. The fourth-order valence-electron chi connectivity index (χ4n) is 2.03. The Bertz CT molecular complexity index is 132. The SMILES string of the molecule is CCCCC[N+](C)(CCBr)CCCCC.[I-]. The highest BCUT2D eigenvalue weighted by atomic mass is 127. The van der Waals surface area contributed by atoms with Crippen molar-refractivity contribution < 1.29 is 28.5 Å². The second kappa shape index (κ2) is 12.6. The molecule has 0 aromatic carbocycles. The maximum Gasteiger partial charge on any atom is 0.0883 e. The van der Waals surface area contributed by atoms with E-state index in [1.165, 1.54) is 62.6 Å². The molecule has 0 aliphatic carbocycles. The number of hydrogen-bond acceptors (Lipinski definition) is 0. The fraction of sp³-hybridized carbons (Fsp3) is 1.00. The second-order valence-corrected chi connectivity index (χ2v) is 5.69. The largest absolute Gasteiger partial charge is 1.00 e. The van der Waals surface area contributed by atoms with Gasteiger partial charge in [0.05, 0.1) is 32.0 Å². The number of hydrogen-bond donors (Lipinski definition) is 0. The Morgan fingerprint density at radius 3 is 1.56 bits per heavy atom. The maximum atomic E-state index is 3.59.